The number of benzene rings is 1. The number of ether oxygens (including phenoxy) is 1. The van der Waals surface area contributed by atoms with Gasteiger partial charge in [0.05, 0.1) is 5.02 Å². The molecule has 1 aromatic carbocycles. The van der Waals surface area contributed by atoms with Gasteiger partial charge in [-0.05, 0) is 42.8 Å². The minimum Gasteiger partial charge on any atom is -0.482 e. The van der Waals surface area contributed by atoms with Crippen molar-refractivity contribution in [3.8, 4) is 5.75 Å². The third-order valence-electron chi connectivity index (χ3n) is 3.37. The summed E-state index contributed by atoms with van der Waals surface area (Å²) >= 11 is 6.22. The monoisotopic (exact) mass is 333 g/mol. The lowest BCUT2D eigenvalue weighted by atomic mass is 10.1. The Hall–Kier alpha value is -2.27. The van der Waals surface area contributed by atoms with Crippen molar-refractivity contribution in [2.75, 3.05) is 26.0 Å². The predicted octanol–water partition coefficient (Wildman–Crippen LogP) is 3.38. The highest BCUT2D eigenvalue weighted by atomic mass is 35.5. The Morgan fingerprint density at radius 1 is 1.30 bits per heavy atom. The van der Waals surface area contributed by atoms with Gasteiger partial charge in [0, 0.05) is 38.2 Å². The van der Waals surface area contributed by atoms with Crippen LogP contribution in [-0.4, -0.2) is 36.5 Å². The molecule has 5 nitrogen and oxygen atoms in total. The summed E-state index contributed by atoms with van der Waals surface area (Å²) in [6.45, 7) is 2.02. The number of nitrogens with one attached hydrogen (secondary N) is 1. The van der Waals surface area contributed by atoms with Crippen molar-refractivity contribution in [3.63, 3.8) is 0 Å². The molecule has 0 saturated heterocycles. The minimum absolute atomic E-state index is 0.0348. The molecule has 23 heavy (non-hydrogen) atoms. The number of hydrogen-bond donors (Lipinski definition) is 1. The molecular formula is C17H20ClN3O2. The third kappa shape index (κ3) is 4.86. The van der Waals surface area contributed by atoms with E-state index in [1.165, 1.54) is 4.90 Å². The van der Waals surface area contributed by atoms with Crippen molar-refractivity contribution in [3.05, 3.63) is 53.3 Å². The molecule has 0 bridgehead atoms. The van der Waals surface area contributed by atoms with Gasteiger partial charge in [0.25, 0.3) is 5.91 Å². The summed E-state index contributed by atoms with van der Waals surface area (Å²) in [6, 6.07) is 9.46. The molecule has 0 aliphatic carbocycles. The van der Waals surface area contributed by atoms with Gasteiger partial charge in [-0.3, -0.25) is 9.78 Å². The number of pyridine rings is 1. The lowest BCUT2D eigenvalue weighted by molar-refractivity contribution is -0.130. The molecular weight excluding hydrogens is 314 g/mol. The molecule has 1 unspecified atom stereocenters. The number of aromatic nitrogens is 1. The van der Waals surface area contributed by atoms with Crippen molar-refractivity contribution in [2.45, 2.75) is 13.0 Å². The molecule has 1 atom stereocenters. The highest BCUT2D eigenvalue weighted by Crippen LogP contribution is 2.29. The van der Waals surface area contributed by atoms with E-state index in [1.54, 1.807) is 38.6 Å². The number of carbonyl (C=O) groups is 1. The van der Waals surface area contributed by atoms with Gasteiger partial charge in [-0.25, -0.2) is 0 Å². The smallest absolute Gasteiger partial charge is 0.259 e. The summed E-state index contributed by atoms with van der Waals surface area (Å²) in [4.78, 5) is 17.0. The number of hydrogen-bond acceptors (Lipinski definition) is 4. The van der Waals surface area contributed by atoms with Gasteiger partial charge in [0.1, 0.15) is 5.75 Å². The van der Waals surface area contributed by atoms with Crippen molar-refractivity contribution in [1.29, 1.82) is 0 Å². The molecule has 0 spiro atoms. The zero-order valence-electron chi connectivity index (χ0n) is 13.4. The second-order valence-electron chi connectivity index (χ2n) is 5.37. The van der Waals surface area contributed by atoms with Crippen molar-refractivity contribution < 1.29 is 9.53 Å². The van der Waals surface area contributed by atoms with Gasteiger partial charge < -0.3 is 15.0 Å². The lowest BCUT2D eigenvalue weighted by Gasteiger charge is -2.17. The Morgan fingerprint density at radius 3 is 2.61 bits per heavy atom. The first kappa shape index (κ1) is 17.1. The van der Waals surface area contributed by atoms with E-state index in [2.05, 4.69) is 17.2 Å². The van der Waals surface area contributed by atoms with E-state index in [1.807, 2.05) is 18.2 Å². The summed E-state index contributed by atoms with van der Waals surface area (Å²) in [6.07, 6.45) is 3.53. The quantitative estimate of drug-likeness (QED) is 0.880. The van der Waals surface area contributed by atoms with Crippen LogP contribution in [0.15, 0.2) is 42.7 Å². The maximum atomic E-state index is 11.5. The van der Waals surface area contributed by atoms with Crippen molar-refractivity contribution >= 4 is 23.2 Å². The van der Waals surface area contributed by atoms with Crippen molar-refractivity contribution in [1.82, 2.24) is 9.88 Å². The highest BCUT2D eigenvalue weighted by Gasteiger charge is 2.10. The van der Waals surface area contributed by atoms with Crippen LogP contribution in [0.5, 0.6) is 5.75 Å². The molecule has 122 valence electrons. The number of rotatable bonds is 6. The fourth-order valence-corrected chi connectivity index (χ4v) is 2.20. The molecule has 0 aliphatic heterocycles. The average molecular weight is 334 g/mol. The molecule has 1 heterocycles. The number of anilines is 1. The summed E-state index contributed by atoms with van der Waals surface area (Å²) in [7, 11) is 3.36. The van der Waals surface area contributed by atoms with Gasteiger partial charge in [-0.2, -0.15) is 0 Å². The first-order valence-corrected chi connectivity index (χ1v) is 7.64. The summed E-state index contributed by atoms with van der Waals surface area (Å²) < 4.78 is 5.45. The number of amides is 1. The minimum atomic E-state index is -0.116. The predicted molar refractivity (Wildman–Crippen MR) is 91.9 cm³/mol. The molecule has 0 saturated carbocycles. The third-order valence-corrected chi connectivity index (χ3v) is 3.67. The topological polar surface area (TPSA) is 54.5 Å². The van der Waals surface area contributed by atoms with E-state index < -0.39 is 0 Å². The molecule has 0 aliphatic rings. The maximum Gasteiger partial charge on any atom is 0.259 e. The summed E-state index contributed by atoms with van der Waals surface area (Å²) in [5.41, 5.74) is 2.01. The van der Waals surface area contributed by atoms with E-state index >= 15 is 0 Å². The summed E-state index contributed by atoms with van der Waals surface area (Å²) in [5, 5.41) is 3.83. The van der Waals surface area contributed by atoms with Crippen LogP contribution < -0.4 is 10.1 Å². The molecule has 0 fully saturated rings. The first-order valence-electron chi connectivity index (χ1n) is 7.26. The fraction of sp³-hybridized carbons (Fsp3) is 0.294. The Kier molecular flexibility index (Phi) is 5.82. The Labute approximate surface area is 141 Å². The lowest BCUT2D eigenvalue weighted by Crippen LogP contribution is -2.27. The van der Waals surface area contributed by atoms with Crippen LogP contribution in [0, 0.1) is 0 Å². The maximum absolute atomic E-state index is 11.5. The average Bonchev–Trinajstić information content (AvgIpc) is 2.54. The second-order valence-corrected chi connectivity index (χ2v) is 5.78. The molecule has 1 amide bonds. The van der Waals surface area contributed by atoms with Crippen molar-refractivity contribution in [2.24, 2.45) is 0 Å². The zero-order chi connectivity index (χ0) is 16.8. The van der Waals surface area contributed by atoms with E-state index in [0.717, 1.165) is 11.3 Å². The van der Waals surface area contributed by atoms with E-state index in [-0.39, 0.29) is 18.6 Å². The highest BCUT2D eigenvalue weighted by molar-refractivity contribution is 6.32. The number of nitrogens with zero attached hydrogens (tertiary/aromatic N) is 2. The zero-order valence-corrected chi connectivity index (χ0v) is 14.2. The molecule has 1 aromatic heterocycles. The van der Waals surface area contributed by atoms with E-state index in [4.69, 9.17) is 16.3 Å². The second kappa shape index (κ2) is 7.83. The fourth-order valence-electron chi connectivity index (χ4n) is 1.96. The van der Waals surface area contributed by atoms with Crippen LogP contribution in [0.2, 0.25) is 5.02 Å². The van der Waals surface area contributed by atoms with Gasteiger partial charge >= 0.3 is 0 Å². The largest absolute Gasteiger partial charge is 0.482 e. The normalized spacial score (nSPS) is 11.7. The van der Waals surface area contributed by atoms with E-state index in [9.17, 15) is 4.79 Å². The number of carbonyl (C=O) groups excluding carboxylic acids is 1. The van der Waals surface area contributed by atoms with Crippen LogP contribution in [-0.2, 0) is 4.79 Å². The molecule has 0 radical (unpaired) electrons. The van der Waals surface area contributed by atoms with Gasteiger partial charge in [-0.1, -0.05) is 11.6 Å². The Balaban J connectivity index is 2.00. The molecule has 2 rings (SSSR count). The van der Waals surface area contributed by atoms with Crippen LogP contribution in [0.25, 0.3) is 0 Å². The van der Waals surface area contributed by atoms with Gasteiger partial charge in [-0.15, -0.1) is 0 Å². The Bertz CT molecular complexity index is 662. The van der Waals surface area contributed by atoms with Gasteiger partial charge in [0.2, 0.25) is 0 Å². The van der Waals surface area contributed by atoms with E-state index in [0.29, 0.717) is 10.8 Å². The number of likely N-dealkylation sites (N-methyl/N-ethyl adjacent to an activating group) is 1. The van der Waals surface area contributed by atoms with Crippen LogP contribution in [0.4, 0.5) is 5.69 Å². The van der Waals surface area contributed by atoms with Crippen LogP contribution >= 0.6 is 11.6 Å². The SMILES string of the molecule is CC(Nc1ccc(OCC(=O)N(C)C)c(Cl)c1)c1ccncc1. The molecule has 6 heteroatoms. The Morgan fingerprint density at radius 2 is 2.00 bits per heavy atom. The van der Waals surface area contributed by atoms with Crippen LogP contribution in [0.1, 0.15) is 18.5 Å². The molecule has 2 aromatic rings. The first-order chi connectivity index (χ1) is 11.0. The molecule has 1 N–H and O–H groups in total. The summed E-state index contributed by atoms with van der Waals surface area (Å²) in [5.74, 6) is 0.374. The van der Waals surface area contributed by atoms with Crippen LogP contribution in [0.3, 0.4) is 0 Å². The van der Waals surface area contributed by atoms with Gasteiger partial charge in [0.15, 0.2) is 6.61 Å². The number of halogens is 1. The standard InChI is InChI=1S/C17H20ClN3O2/c1-12(13-6-8-19-9-7-13)20-14-4-5-16(15(18)10-14)23-11-17(22)21(2)3/h4-10,12,20H,11H2,1-3H3.